The van der Waals surface area contributed by atoms with Crippen LogP contribution in [-0.2, 0) is 4.79 Å². The van der Waals surface area contributed by atoms with E-state index in [-0.39, 0.29) is 16.9 Å². The van der Waals surface area contributed by atoms with Crippen LogP contribution in [0.5, 0.6) is 0 Å². The van der Waals surface area contributed by atoms with E-state index in [0.29, 0.717) is 11.6 Å². The van der Waals surface area contributed by atoms with E-state index in [2.05, 4.69) is 33.1 Å². The molecule has 0 aliphatic rings. The van der Waals surface area contributed by atoms with Crippen molar-refractivity contribution in [2.45, 2.75) is 0 Å². The fraction of sp³-hybridized carbons (Fsp3) is 0. The van der Waals surface area contributed by atoms with Crippen molar-refractivity contribution >= 4 is 16.9 Å². The highest BCUT2D eigenvalue weighted by Gasteiger charge is 2.17. The van der Waals surface area contributed by atoms with E-state index in [1.54, 1.807) is 24.8 Å². The first kappa shape index (κ1) is 10.1. The number of aromatic nitrogens is 4. The summed E-state index contributed by atoms with van der Waals surface area (Å²) in [4.78, 5) is 25.5. The molecular formula is C11H10N4O. The van der Waals surface area contributed by atoms with Gasteiger partial charge in [0.25, 0.3) is 0 Å². The second-order valence-corrected chi connectivity index (χ2v) is 3.16. The first-order valence-corrected chi connectivity index (χ1v) is 4.62. The number of carbonyl (C=O) groups excluding carboxylic acids is 1. The third kappa shape index (κ3) is 1.70. The Kier molecular flexibility index (Phi) is 2.51. The van der Waals surface area contributed by atoms with Crippen LogP contribution in [0.3, 0.4) is 0 Å². The molecule has 0 spiro atoms. The predicted molar refractivity (Wildman–Crippen MR) is 60.3 cm³/mol. The third-order valence-corrected chi connectivity index (χ3v) is 2.12. The monoisotopic (exact) mass is 214 g/mol. The van der Waals surface area contributed by atoms with Gasteiger partial charge >= 0.3 is 0 Å². The van der Waals surface area contributed by atoms with Crippen molar-refractivity contribution in [3.63, 3.8) is 0 Å². The molecule has 5 nitrogen and oxygen atoms in total. The number of rotatable bonds is 4. The Morgan fingerprint density at radius 3 is 1.75 bits per heavy atom. The van der Waals surface area contributed by atoms with Gasteiger partial charge in [-0.1, -0.05) is 13.2 Å². The quantitative estimate of drug-likeness (QED) is 0.756. The summed E-state index contributed by atoms with van der Waals surface area (Å²) in [5.74, 6) is 0.598. The number of aromatic amines is 2. The highest BCUT2D eigenvalue weighted by Crippen LogP contribution is 2.17. The molecule has 2 rings (SSSR count). The largest absolute Gasteiger partial charge is 0.345 e. The van der Waals surface area contributed by atoms with Gasteiger partial charge in [-0.15, -0.1) is 0 Å². The van der Waals surface area contributed by atoms with Gasteiger partial charge in [0.05, 0.1) is 11.1 Å². The van der Waals surface area contributed by atoms with Crippen LogP contribution in [0.4, 0.5) is 0 Å². The van der Waals surface area contributed by atoms with Gasteiger partial charge in [-0.2, -0.15) is 0 Å². The molecule has 0 atom stereocenters. The molecule has 0 aromatic carbocycles. The molecule has 0 unspecified atom stereocenters. The molecule has 2 heterocycles. The molecule has 2 aromatic heterocycles. The lowest BCUT2D eigenvalue weighted by Crippen LogP contribution is -2.05. The molecule has 5 heteroatoms. The van der Waals surface area contributed by atoms with Gasteiger partial charge in [0.2, 0.25) is 0 Å². The lowest BCUT2D eigenvalue weighted by Gasteiger charge is -2.02. The SMILES string of the molecule is C=C(C(=O)C(=C)c1ncc[nH]1)c1ncc[nH]1. The number of ketones is 1. The Morgan fingerprint density at radius 2 is 1.44 bits per heavy atom. The van der Waals surface area contributed by atoms with Crippen molar-refractivity contribution in [3.05, 3.63) is 49.6 Å². The second kappa shape index (κ2) is 3.98. The molecule has 80 valence electrons. The molecule has 0 fully saturated rings. The summed E-state index contributed by atoms with van der Waals surface area (Å²) in [6.07, 6.45) is 6.37. The van der Waals surface area contributed by atoms with E-state index in [0.717, 1.165) is 0 Å². The number of hydrogen-bond acceptors (Lipinski definition) is 3. The fourth-order valence-corrected chi connectivity index (χ4v) is 1.26. The highest BCUT2D eigenvalue weighted by molar-refractivity contribution is 6.40. The maximum atomic E-state index is 11.9. The van der Waals surface area contributed by atoms with Crippen LogP contribution in [-0.4, -0.2) is 25.7 Å². The summed E-state index contributed by atoms with van der Waals surface area (Å²) in [5.41, 5.74) is 0.540. The lowest BCUT2D eigenvalue weighted by atomic mass is 10.1. The minimum Gasteiger partial charge on any atom is -0.345 e. The van der Waals surface area contributed by atoms with Gasteiger partial charge in [-0.25, -0.2) is 9.97 Å². The summed E-state index contributed by atoms with van der Waals surface area (Å²) in [6.45, 7) is 7.36. The number of H-pyrrole nitrogens is 2. The van der Waals surface area contributed by atoms with Crippen LogP contribution in [0, 0.1) is 0 Å². The number of nitrogens with one attached hydrogen (secondary N) is 2. The van der Waals surface area contributed by atoms with Crippen molar-refractivity contribution in [3.8, 4) is 0 Å². The zero-order valence-corrected chi connectivity index (χ0v) is 8.53. The Bertz CT molecular complexity index is 474. The molecule has 2 N–H and O–H groups in total. The molecule has 16 heavy (non-hydrogen) atoms. The van der Waals surface area contributed by atoms with E-state index >= 15 is 0 Å². The molecule has 2 aromatic rings. The molecule has 0 bridgehead atoms. The van der Waals surface area contributed by atoms with Gasteiger partial charge in [-0.3, -0.25) is 4.79 Å². The molecule has 0 saturated heterocycles. The van der Waals surface area contributed by atoms with Crippen molar-refractivity contribution in [2.24, 2.45) is 0 Å². The van der Waals surface area contributed by atoms with E-state index in [9.17, 15) is 4.79 Å². The number of hydrogen-bond donors (Lipinski definition) is 2. The van der Waals surface area contributed by atoms with E-state index in [4.69, 9.17) is 0 Å². The number of carbonyl (C=O) groups is 1. The van der Waals surface area contributed by atoms with Gasteiger partial charge in [0.1, 0.15) is 11.6 Å². The average Bonchev–Trinajstić information content (AvgIpc) is 2.97. The van der Waals surface area contributed by atoms with Crippen molar-refractivity contribution in [2.75, 3.05) is 0 Å². The fourth-order valence-electron chi connectivity index (χ4n) is 1.26. The summed E-state index contributed by atoms with van der Waals surface area (Å²) in [7, 11) is 0. The molecular weight excluding hydrogens is 204 g/mol. The molecule has 0 aliphatic carbocycles. The maximum absolute atomic E-state index is 11.9. The van der Waals surface area contributed by atoms with Gasteiger partial charge in [0, 0.05) is 24.8 Å². The zero-order valence-electron chi connectivity index (χ0n) is 8.53. The Labute approximate surface area is 92.0 Å². The summed E-state index contributed by atoms with van der Waals surface area (Å²) in [5, 5.41) is 0. The highest BCUT2D eigenvalue weighted by atomic mass is 16.1. The second-order valence-electron chi connectivity index (χ2n) is 3.16. The van der Waals surface area contributed by atoms with Gasteiger partial charge in [-0.05, 0) is 0 Å². The average molecular weight is 214 g/mol. The summed E-state index contributed by atoms with van der Waals surface area (Å²) in [6, 6.07) is 0. The van der Waals surface area contributed by atoms with Crippen LogP contribution in [0.25, 0.3) is 11.1 Å². The van der Waals surface area contributed by atoms with Crippen LogP contribution in [0.2, 0.25) is 0 Å². The third-order valence-electron chi connectivity index (χ3n) is 2.12. The number of allylic oxidation sites excluding steroid dienone is 2. The molecule has 0 saturated carbocycles. The molecule has 0 amide bonds. The number of nitrogens with zero attached hydrogens (tertiary/aromatic N) is 2. The smallest absolute Gasteiger partial charge is 0.199 e. The first-order valence-electron chi connectivity index (χ1n) is 4.62. The maximum Gasteiger partial charge on any atom is 0.199 e. The predicted octanol–water partition coefficient (Wildman–Crippen LogP) is 1.43. The van der Waals surface area contributed by atoms with Crippen LogP contribution in [0.15, 0.2) is 37.9 Å². The summed E-state index contributed by atoms with van der Waals surface area (Å²) >= 11 is 0. The zero-order chi connectivity index (χ0) is 11.5. The standard InChI is InChI=1S/C11H10N4O/c1-7(10-12-3-4-13-10)9(16)8(2)11-14-5-6-15-11/h3-6H,1-2H2,(H,12,13)(H,14,15). The van der Waals surface area contributed by atoms with E-state index in [1.165, 1.54) is 0 Å². The lowest BCUT2D eigenvalue weighted by molar-refractivity contribution is -0.108. The number of imidazole rings is 2. The minimum atomic E-state index is -0.287. The summed E-state index contributed by atoms with van der Waals surface area (Å²) < 4.78 is 0. The van der Waals surface area contributed by atoms with E-state index < -0.39 is 0 Å². The Hall–Kier alpha value is -2.43. The first-order chi connectivity index (χ1) is 7.70. The van der Waals surface area contributed by atoms with Gasteiger partial charge in [0.15, 0.2) is 5.78 Å². The molecule has 0 radical (unpaired) electrons. The Morgan fingerprint density at radius 1 is 1.00 bits per heavy atom. The molecule has 0 aliphatic heterocycles. The van der Waals surface area contributed by atoms with Crippen molar-refractivity contribution < 1.29 is 4.79 Å². The Balaban J connectivity index is 2.21. The normalized spacial score (nSPS) is 10.0. The minimum absolute atomic E-state index is 0.270. The topological polar surface area (TPSA) is 74.4 Å². The van der Waals surface area contributed by atoms with E-state index in [1.807, 2.05) is 0 Å². The van der Waals surface area contributed by atoms with Gasteiger partial charge < -0.3 is 9.97 Å². The van der Waals surface area contributed by atoms with Crippen LogP contribution in [0.1, 0.15) is 11.6 Å². The van der Waals surface area contributed by atoms with Crippen molar-refractivity contribution in [1.82, 2.24) is 19.9 Å². The van der Waals surface area contributed by atoms with Crippen LogP contribution >= 0.6 is 0 Å². The number of Topliss-reactive ketones (excluding diaryl/α,β-unsaturated/α-hetero) is 1. The van der Waals surface area contributed by atoms with Crippen molar-refractivity contribution in [1.29, 1.82) is 0 Å². The van der Waals surface area contributed by atoms with Crippen LogP contribution < -0.4 is 0 Å².